The van der Waals surface area contributed by atoms with Gasteiger partial charge in [-0.2, -0.15) is 0 Å². The maximum Gasteiger partial charge on any atom is 0.201 e. The molecule has 1 aliphatic carbocycles. The fraction of sp³-hybridized carbons (Fsp3) is 0.129. The monoisotopic (exact) mass is 445 g/mol. The molecular formula is C31H27NO2. The van der Waals surface area contributed by atoms with Crippen molar-refractivity contribution in [3.63, 3.8) is 0 Å². The van der Waals surface area contributed by atoms with Gasteiger partial charge in [0.2, 0.25) is 5.78 Å². The molecule has 168 valence electrons. The number of benzene rings is 3. The van der Waals surface area contributed by atoms with E-state index in [1.54, 1.807) is 6.08 Å². The molecule has 3 heteroatoms. The van der Waals surface area contributed by atoms with Gasteiger partial charge in [0, 0.05) is 28.2 Å². The molecule has 1 heterocycles. The van der Waals surface area contributed by atoms with Crippen molar-refractivity contribution in [2.45, 2.75) is 26.2 Å². The van der Waals surface area contributed by atoms with Crippen LogP contribution >= 0.6 is 0 Å². The number of allylic oxidation sites excluding steroid dienone is 4. The Hall–Kier alpha value is -4.11. The molecule has 0 amide bonds. The van der Waals surface area contributed by atoms with Crippen LogP contribution in [0.4, 0.5) is 0 Å². The maximum absolute atomic E-state index is 13.3. The van der Waals surface area contributed by atoms with E-state index in [4.69, 9.17) is 0 Å². The zero-order valence-electron chi connectivity index (χ0n) is 19.7. The van der Waals surface area contributed by atoms with Gasteiger partial charge in [0.05, 0.1) is 16.7 Å². The molecule has 1 aromatic heterocycles. The number of Topliss-reactive ketones (excluding diaryl/α,β-unsaturated/α-hetero) is 1. The van der Waals surface area contributed by atoms with Crippen LogP contribution in [-0.2, 0) is 10.2 Å². The van der Waals surface area contributed by atoms with Crippen LogP contribution < -0.4 is 0 Å². The highest BCUT2D eigenvalue weighted by Gasteiger charge is 2.37. The maximum atomic E-state index is 13.3. The zero-order chi connectivity index (χ0) is 24.0. The number of carbonyl (C=O) groups is 1. The molecule has 5 rings (SSSR count). The lowest BCUT2D eigenvalue weighted by atomic mass is 9.74. The van der Waals surface area contributed by atoms with Gasteiger partial charge in [0.25, 0.3) is 0 Å². The molecule has 0 saturated heterocycles. The average molecular weight is 446 g/mol. The zero-order valence-corrected chi connectivity index (χ0v) is 19.7. The first-order valence-corrected chi connectivity index (χ1v) is 11.4. The van der Waals surface area contributed by atoms with Crippen LogP contribution in [0.3, 0.4) is 0 Å². The Bertz CT molecular complexity index is 1510. The standard InChI is InChI=1S/C31H27NO2/c1-20-12-8-10-16-26(20)31(3,4)21(2)18-24-29(33)28(30(24)34)25-19-32(22-13-6-5-7-14-22)27-17-11-9-15-23(25)27/h5-19,33H,2H2,1,3-4H3/b24-18-. The number of nitrogens with zero attached hydrogens (tertiary/aromatic N) is 1. The molecule has 0 unspecified atom stereocenters. The summed E-state index contributed by atoms with van der Waals surface area (Å²) >= 11 is 0. The molecular weight excluding hydrogens is 418 g/mol. The van der Waals surface area contributed by atoms with Gasteiger partial charge in [-0.3, -0.25) is 4.79 Å². The second kappa shape index (κ2) is 8.03. The van der Waals surface area contributed by atoms with Crippen LogP contribution in [0.25, 0.3) is 22.2 Å². The van der Waals surface area contributed by atoms with Crippen molar-refractivity contribution in [3.8, 4) is 5.69 Å². The van der Waals surface area contributed by atoms with Gasteiger partial charge >= 0.3 is 0 Å². The van der Waals surface area contributed by atoms with Gasteiger partial charge in [0.15, 0.2) is 0 Å². The fourth-order valence-corrected chi connectivity index (χ4v) is 4.79. The first-order valence-electron chi connectivity index (χ1n) is 11.4. The summed E-state index contributed by atoms with van der Waals surface area (Å²) < 4.78 is 2.06. The predicted octanol–water partition coefficient (Wildman–Crippen LogP) is 7.25. The summed E-state index contributed by atoms with van der Waals surface area (Å²) in [6, 6.07) is 26.1. The van der Waals surface area contributed by atoms with Crippen molar-refractivity contribution in [1.29, 1.82) is 0 Å². The van der Waals surface area contributed by atoms with Crippen molar-refractivity contribution in [2.75, 3.05) is 0 Å². The fourth-order valence-electron chi connectivity index (χ4n) is 4.79. The van der Waals surface area contributed by atoms with Crippen molar-refractivity contribution in [1.82, 2.24) is 4.57 Å². The molecule has 1 N–H and O–H groups in total. The molecule has 0 bridgehead atoms. The third-order valence-corrected chi connectivity index (χ3v) is 6.92. The van der Waals surface area contributed by atoms with E-state index in [1.165, 1.54) is 5.56 Å². The van der Waals surface area contributed by atoms with Gasteiger partial charge < -0.3 is 9.67 Å². The first kappa shape index (κ1) is 21.7. The minimum atomic E-state index is -0.377. The van der Waals surface area contributed by atoms with Crippen LogP contribution in [0.2, 0.25) is 0 Å². The average Bonchev–Trinajstić information content (AvgIpc) is 3.22. The van der Waals surface area contributed by atoms with Crippen LogP contribution in [0, 0.1) is 6.92 Å². The molecule has 0 saturated carbocycles. The minimum absolute atomic E-state index is 0.0303. The molecule has 0 radical (unpaired) electrons. The second-order valence-electron chi connectivity index (χ2n) is 9.34. The Kier molecular flexibility index (Phi) is 5.13. The van der Waals surface area contributed by atoms with Gasteiger partial charge in [0.1, 0.15) is 5.76 Å². The van der Waals surface area contributed by atoms with Crippen LogP contribution in [0.5, 0.6) is 0 Å². The van der Waals surface area contributed by atoms with E-state index < -0.39 is 0 Å². The number of aryl methyl sites for hydroxylation is 1. The lowest BCUT2D eigenvalue weighted by molar-refractivity contribution is -0.111. The molecule has 0 spiro atoms. The number of hydrogen-bond donors (Lipinski definition) is 1. The number of ketones is 1. The van der Waals surface area contributed by atoms with Gasteiger partial charge in [-0.05, 0) is 47.9 Å². The summed E-state index contributed by atoms with van der Waals surface area (Å²) in [5.41, 5.74) is 6.12. The van der Waals surface area contributed by atoms with E-state index >= 15 is 0 Å². The Morgan fingerprint density at radius 3 is 2.29 bits per heavy atom. The quantitative estimate of drug-likeness (QED) is 0.329. The third-order valence-electron chi connectivity index (χ3n) is 6.92. The second-order valence-corrected chi connectivity index (χ2v) is 9.34. The van der Waals surface area contributed by atoms with Crippen LogP contribution in [-0.4, -0.2) is 15.5 Å². The van der Waals surface area contributed by atoms with E-state index in [1.807, 2.05) is 72.9 Å². The van der Waals surface area contributed by atoms with E-state index in [0.29, 0.717) is 11.1 Å². The number of carbonyl (C=O) groups excluding carboxylic acids is 1. The minimum Gasteiger partial charge on any atom is -0.506 e. The summed E-state index contributed by atoms with van der Waals surface area (Å²) in [4.78, 5) is 13.3. The highest BCUT2D eigenvalue weighted by atomic mass is 16.3. The molecule has 0 fully saturated rings. The number of fused-ring (bicyclic) bond motifs is 1. The normalized spacial score (nSPS) is 15.1. The Balaban J connectivity index is 1.57. The Labute approximate surface area is 200 Å². The van der Waals surface area contributed by atoms with Crippen LogP contribution in [0.1, 0.15) is 30.5 Å². The Morgan fingerprint density at radius 2 is 1.59 bits per heavy atom. The SMILES string of the molecule is C=C(/C=C1\C(=O)C(c2cn(-c3ccccc3)c3ccccc23)=C1O)C(C)(C)c1ccccc1C. The van der Waals surface area contributed by atoms with E-state index in [-0.39, 0.29) is 17.0 Å². The van der Waals surface area contributed by atoms with Crippen molar-refractivity contribution in [2.24, 2.45) is 0 Å². The molecule has 4 aromatic rings. The molecule has 34 heavy (non-hydrogen) atoms. The lowest BCUT2D eigenvalue weighted by Crippen LogP contribution is -2.24. The van der Waals surface area contributed by atoms with Crippen LogP contribution in [0.15, 0.2) is 115 Å². The summed E-state index contributed by atoms with van der Waals surface area (Å²) in [5, 5.41) is 11.9. The van der Waals surface area contributed by atoms with Crippen molar-refractivity contribution < 1.29 is 9.90 Å². The highest BCUT2D eigenvalue weighted by Crippen LogP contribution is 2.42. The summed E-state index contributed by atoms with van der Waals surface area (Å²) in [6.45, 7) is 10.5. The Morgan fingerprint density at radius 1 is 0.941 bits per heavy atom. The number of hydrogen-bond acceptors (Lipinski definition) is 2. The van der Waals surface area contributed by atoms with E-state index in [9.17, 15) is 9.90 Å². The third kappa shape index (κ3) is 3.32. The molecule has 0 atom stereocenters. The molecule has 3 aromatic carbocycles. The van der Waals surface area contributed by atoms with E-state index in [2.05, 4.69) is 44.0 Å². The number of aliphatic hydroxyl groups is 1. The van der Waals surface area contributed by atoms with Crippen molar-refractivity contribution in [3.05, 3.63) is 131 Å². The molecule has 3 nitrogen and oxygen atoms in total. The topological polar surface area (TPSA) is 42.2 Å². The number of rotatable bonds is 5. The number of aliphatic hydroxyl groups excluding tert-OH is 1. The molecule has 0 aliphatic heterocycles. The van der Waals surface area contributed by atoms with E-state index in [0.717, 1.165) is 33.3 Å². The molecule has 1 aliphatic rings. The predicted molar refractivity (Wildman–Crippen MR) is 139 cm³/mol. The summed E-state index contributed by atoms with van der Waals surface area (Å²) in [7, 11) is 0. The largest absolute Gasteiger partial charge is 0.506 e. The van der Waals surface area contributed by atoms with Gasteiger partial charge in [-0.15, -0.1) is 0 Å². The summed E-state index contributed by atoms with van der Waals surface area (Å²) in [5.74, 6) is -0.127. The smallest absolute Gasteiger partial charge is 0.201 e. The van der Waals surface area contributed by atoms with Gasteiger partial charge in [-0.1, -0.05) is 81.1 Å². The summed E-state index contributed by atoms with van der Waals surface area (Å²) in [6.07, 6.45) is 3.68. The van der Waals surface area contributed by atoms with Crippen molar-refractivity contribution >= 4 is 22.3 Å². The number of para-hydroxylation sites is 2. The first-order chi connectivity index (χ1) is 16.3. The van der Waals surface area contributed by atoms with Gasteiger partial charge in [-0.25, -0.2) is 0 Å². The number of aromatic nitrogens is 1. The highest BCUT2D eigenvalue weighted by molar-refractivity contribution is 6.40. The lowest BCUT2D eigenvalue weighted by Gasteiger charge is -2.30.